The van der Waals surface area contributed by atoms with Crippen molar-refractivity contribution in [2.24, 2.45) is 0 Å². The number of ether oxygens (including phenoxy) is 1. The predicted molar refractivity (Wildman–Crippen MR) is 84.7 cm³/mol. The van der Waals surface area contributed by atoms with E-state index < -0.39 is 6.03 Å². The van der Waals surface area contributed by atoms with Crippen molar-refractivity contribution in [2.45, 2.75) is 6.92 Å². The van der Waals surface area contributed by atoms with E-state index in [0.717, 1.165) is 0 Å². The van der Waals surface area contributed by atoms with Crippen LogP contribution < -0.4 is 15.4 Å². The molecule has 0 spiro atoms. The summed E-state index contributed by atoms with van der Waals surface area (Å²) in [4.78, 5) is 25.4. The molecule has 2 rings (SSSR count). The summed E-state index contributed by atoms with van der Waals surface area (Å²) in [6, 6.07) is 4.34. The molecular weight excluding hydrogens is 300 g/mol. The monoisotopic (exact) mass is 318 g/mol. The zero-order valence-corrected chi connectivity index (χ0v) is 13.1. The molecule has 0 saturated carbocycles. The third kappa shape index (κ3) is 4.19. The fraction of sp³-hybridized carbons (Fsp3) is 0.286. The van der Waals surface area contributed by atoms with Crippen LogP contribution >= 0.6 is 0 Å². The molecule has 0 unspecified atom stereocenters. The molecule has 0 bridgehead atoms. The summed E-state index contributed by atoms with van der Waals surface area (Å²) < 4.78 is 5.50. The molecule has 9 heteroatoms. The molecule has 1 heterocycles. The lowest BCUT2D eigenvalue weighted by molar-refractivity contribution is 0.0827. The predicted octanol–water partition coefficient (Wildman–Crippen LogP) is 1.55. The lowest BCUT2D eigenvalue weighted by Gasteiger charge is -2.15. The molecule has 3 amide bonds. The number of amides is 3. The number of nitrogens with one attached hydrogen (secondary N) is 3. The number of urea groups is 1. The SMILES string of the molecule is CCOc1cc(C(=O)N(C)C)ccc1NC(=O)Nc1cn[nH]n1. The van der Waals surface area contributed by atoms with Gasteiger partial charge in [-0.15, -0.1) is 5.10 Å². The standard InChI is InChI=1S/C14H18N6O3/c1-4-23-11-7-9(13(21)20(2)3)5-6-10(11)16-14(22)17-12-8-15-19-18-12/h5-8H,4H2,1-3H3,(H3,15,16,17,18,19,22). The van der Waals surface area contributed by atoms with E-state index in [-0.39, 0.29) is 5.91 Å². The van der Waals surface area contributed by atoms with Crippen LogP contribution in [0.3, 0.4) is 0 Å². The Hall–Kier alpha value is -3.10. The normalized spacial score (nSPS) is 10.0. The van der Waals surface area contributed by atoms with Crippen LogP contribution in [0.4, 0.5) is 16.3 Å². The van der Waals surface area contributed by atoms with E-state index >= 15 is 0 Å². The van der Waals surface area contributed by atoms with Crippen LogP contribution in [-0.2, 0) is 0 Å². The zero-order valence-electron chi connectivity index (χ0n) is 13.1. The number of benzene rings is 1. The van der Waals surface area contributed by atoms with E-state index in [9.17, 15) is 9.59 Å². The number of aromatic amines is 1. The van der Waals surface area contributed by atoms with E-state index in [1.165, 1.54) is 11.1 Å². The van der Waals surface area contributed by atoms with Crippen LogP contribution in [0.1, 0.15) is 17.3 Å². The van der Waals surface area contributed by atoms with Gasteiger partial charge in [0.1, 0.15) is 5.75 Å². The maximum atomic E-state index is 12.0. The second-order valence-electron chi connectivity index (χ2n) is 4.78. The van der Waals surface area contributed by atoms with Gasteiger partial charge in [-0.05, 0) is 25.1 Å². The highest BCUT2D eigenvalue weighted by atomic mass is 16.5. The molecule has 9 nitrogen and oxygen atoms in total. The molecular formula is C14H18N6O3. The Labute approximate surface area is 133 Å². The Balaban J connectivity index is 2.16. The molecule has 1 aromatic carbocycles. The minimum Gasteiger partial charge on any atom is -0.492 e. The molecule has 2 aromatic rings. The van der Waals surface area contributed by atoms with E-state index in [2.05, 4.69) is 26.0 Å². The van der Waals surface area contributed by atoms with Gasteiger partial charge in [0.05, 0.1) is 18.5 Å². The number of hydrogen-bond acceptors (Lipinski definition) is 5. The largest absolute Gasteiger partial charge is 0.492 e. The van der Waals surface area contributed by atoms with Crippen molar-refractivity contribution >= 4 is 23.4 Å². The van der Waals surface area contributed by atoms with Gasteiger partial charge in [-0.1, -0.05) is 0 Å². The third-order valence-corrected chi connectivity index (χ3v) is 2.84. The Morgan fingerprint density at radius 3 is 2.70 bits per heavy atom. The summed E-state index contributed by atoms with van der Waals surface area (Å²) in [5.74, 6) is 0.555. The van der Waals surface area contributed by atoms with Crippen LogP contribution in [0.2, 0.25) is 0 Å². The van der Waals surface area contributed by atoms with Crippen LogP contribution in [0, 0.1) is 0 Å². The van der Waals surface area contributed by atoms with Gasteiger partial charge >= 0.3 is 6.03 Å². The fourth-order valence-electron chi connectivity index (χ4n) is 1.82. The van der Waals surface area contributed by atoms with Gasteiger partial charge in [-0.2, -0.15) is 10.3 Å². The van der Waals surface area contributed by atoms with Crippen molar-refractivity contribution in [1.82, 2.24) is 20.3 Å². The second kappa shape index (κ2) is 7.25. The summed E-state index contributed by atoms with van der Waals surface area (Å²) >= 11 is 0. The van der Waals surface area contributed by atoms with Crippen LogP contribution in [0.25, 0.3) is 0 Å². The van der Waals surface area contributed by atoms with Gasteiger partial charge in [0.25, 0.3) is 5.91 Å². The number of nitrogens with zero attached hydrogens (tertiary/aromatic N) is 3. The van der Waals surface area contributed by atoms with Crippen LogP contribution in [0.15, 0.2) is 24.4 Å². The highest BCUT2D eigenvalue weighted by molar-refractivity contribution is 6.01. The van der Waals surface area contributed by atoms with Crippen molar-refractivity contribution in [3.63, 3.8) is 0 Å². The van der Waals surface area contributed by atoms with Crippen molar-refractivity contribution in [3.8, 4) is 5.75 Å². The maximum Gasteiger partial charge on any atom is 0.325 e. The number of carbonyl (C=O) groups excluding carboxylic acids is 2. The van der Waals surface area contributed by atoms with Crippen LogP contribution in [0.5, 0.6) is 5.75 Å². The van der Waals surface area contributed by atoms with Gasteiger partial charge in [0.2, 0.25) is 0 Å². The molecule has 0 atom stereocenters. The molecule has 0 saturated heterocycles. The molecule has 23 heavy (non-hydrogen) atoms. The smallest absolute Gasteiger partial charge is 0.325 e. The third-order valence-electron chi connectivity index (χ3n) is 2.84. The van der Waals surface area contributed by atoms with Gasteiger partial charge in [-0.3, -0.25) is 10.1 Å². The van der Waals surface area contributed by atoms with E-state index in [1.54, 1.807) is 32.3 Å². The average molecular weight is 318 g/mol. The summed E-state index contributed by atoms with van der Waals surface area (Å²) in [5, 5.41) is 14.9. The first-order chi connectivity index (χ1) is 11.0. The summed E-state index contributed by atoms with van der Waals surface area (Å²) in [7, 11) is 3.33. The minimum absolute atomic E-state index is 0.149. The number of rotatable bonds is 5. The van der Waals surface area contributed by atoms with E-state index in [0.29, 0.717) is 29.4 Å². The molecule has 0 aliphatic carbocycles. The molecule has 3 N–H and O–H groups in total. The number of hydrogen-bond donors (Lipinski definition) is 3. The van der Waals surface area contributed by atoms with Gasteiger partial charge in [-0.25, -0.2) is 4.79 Å². The van der Waals surface area contributed by atoms with Crippen molar-refractivity contribution in [3.05, 3.63) is 30.0 Å². The highest BCUT2D eigenvalue weighted by Crippen LogP contribution is 2.26. The zero-order chi connectivity index (χ0) is 16.8. The summed E-state index contributed by atoms with van der Waals surface area (Å²) in [6.07, 6.45) is 1.38. The first kappa shape index (κ1) is 16.3. The number of anilines is 2. The van der Waals surface area contributed by atoms with Crippen molar-refractivity contribution < 1.29 is 14.3 Å². The van der Waals surface area contributed by atoms with Gasteiger partial charge in [0, 0.05) is 19.7 Å². The molecule has 122 valence electrons. The average Bonchev–Trinajstić information content (AvgIpc) is 3.01. The van der Waals surface area contributed by atoms with Gasteiger partial charge < -0.3 is 15.0 Å². The lowest BCUT2D eigenvalue weighted by Crippen LogP contribution is -2.22. The maximum absolute atomic E-state index is 12.0. The lowest BCUT2D eigenvalue weighted by atomic mass is 10.1. The quantitative estimate of drug-likeness (QED) is 0.774. The molecule has 0 radical (unpaired) electrons. The van der Waals surface area contributed by atoms with E-state index in [1.807, 2.05) is 6.92 Å². The van der Waals surface area contributed by atoms with Crippen molar-refractivity contribution in [2.75, 3.05) is 31.3 Å². The van der Waals surface area contributed by atoms with Crippen LogP contribution in [-0.4, -0.2) is 53.0 Å². The number of aromatic nitrogens is 3. The highest BCUT2D eigenvalue weighted by Gasteiger charge is 2.14. The first-order valence-electron chi connectivity index (χ1n) is 6.93. The molecule has 0 fully saturated rings. The Morgan fingerprint density at radius 1 is 1.30 bits per heavy atom. The fourth-order valence-corrected chi connectivity index (χ4v) is 1.82. The van der Waals surface area contributed by atoms with E-state index in [4.69, 9.17) is 4.74 Å². The number of H-pyrrole nitrogens is 1. The van der Waals surface area contributed by atoms with Crippen molar-refractivity contribution in [1.29, 1.82) is 0 Å². The first-order valence-corrected chi connectivity index (χ1v) is 6.93. The molecule has 0 aliphatic heterocycles. The topological polar surface area (TPSA) is 112 Å². The summed E-state index contributed by atoms with van der Waals surface area (Å²) in [6.45, 7) is 2.22. The minimum atomic E-state index is -0.494. The Kier molecular flexibility index (Phi) is 5.13. The Bertz CT molecular complexity index is 684. The second-order valence-corrected chi connectivity index (χ2v) is 4.78. The summed E-state index contributed by atoms with van der Waals surface area (Å²) in [5.41, 5.74) is 0.920. The molecule has 0 aliphatic rings. The Morgan fingerprint density at radius 2 is 2.09 bits per heavy atom. The van der Waals surface area contributed by atoms with Gasteiger partial charge in [0.15, 0.2) is 5.82 Å². The number of carbonyl (C=O) groups is 2. The molecule has 1 aromatic heterocycles.